The van der Waals surface area contributed by atoms with Gasteiger partial charge in [-0.2, -0.15) is 0 Å². The van der Waals surface area contributed by atoms with Crippen LogP contribution in [-0.2, 0) is 26.2 Å². The summed E-state index contributed by atoms with van der Waals surface area (Å²) in [7, 11) is 7.39. The van der Waals surface area contributed by atoms with Gasteiger partial charge in [-0.25, -0.2) is 9.97 Å². The fraction of sp³-hybridized carbons (Fsp3) is 0.263. The van der Waals surface area contributed by atoms with E-state index in [2.05, 4.69) is 63.0 Å². The van der Waals surface area contributed by atoms with Gasteiger partial charge in [0.25, 0.3) is 11.8 Å². The van der Waals surface area contributed by atoms with Crippen molar-refractivity contribution in [3.8, 4) is 22.8 Å². The molecule has 8 rings (SSSR count). The SMILES string of the molecule is CN(C)Cc1ccc(-c2nc3cccc4c3n2CCNC4=O)cc1.C[N+](C)([O-])Cc1ccc(-c2nc3cccc4c3n2CCNC4=O)cc1. The van der Waals surface area contributed by atoms with Crippen LogP contribution in [0.25, 0.3) is 44.8 Å². The van der Waals surface area contributed by atoms with Crippen molar-refractivity contribution in [2.75, 3.05) is 41.3 Å². The quantitative estimate of drug-likeness (QED) is 0.192. The molecule has 2 aliphatic rings. The zero-order chi connectivity index (χ0) is 34.3. The molecule has 2 N–H and O–H groups in total. The van der Waals surface area contributed by atoms with E-state index >= 15 is 0 Å². The van der Waals surface area contributed by atoms with E-state index in [0.717, 1.165) is 63.5 Å². The maximum Gasteiger partial charge on any atom is 0.253 e. The highest BCUT2D eigenvalue weighted by Crippen LogP contribution is 2.30. The summed E-state index contributed by atoms with van der Waals surface area (Å²) in [6.45, 7) is 3.95. The molecule has 0 spiro atoms. The molecule has 0 saturated heterocycles. The predicted molar refractivity (Wildman–Crippen MR) is 192 cm³/mol. The molecule has 0 saturated carbocycles. The van der Waals surface area contributed by atoms with Gasteiger partial charge >= 0.3 is 0 Å². The van der Waals surface area contributed by atoms with Gasteiger partial charge in [0.05, 0.1) is 47.3 Å². The number of hydroxylamine groups is 3. The second kappa shape index (κ2) is 12.9. The molecule has 0 aliphatic carbocycles. The Bertz CT molecular complexity index is 2170. The van der Waals surface area contributed by atoms with Gasteiger partial charge in [0.15, 0.2) is 0 Å². The molecule has 6 aromatic rings. The van der Waals surface area contributed by atoms with Crippen LogP contribution in [0.5, 0.6) is 0 Å². The van der Waals surface area contributed by atoms with E-state index in [-0.39, 0.29) is 16.5 Å². The van der Waals surface area contributed by atoms with Crippen LogP contribution in [0.3, 0.4) is 0 Å². The molecule has 4 heterocycles. The van der Waals surface area contributed by atoms with Crippen molar-refractivity contribution in [1.82, 2.24) is 34.6 Å². The maximum atomic E-state index is 12.2. The summed E-state index contributed by atoms with van der Waals surface area (Å²) in [5.41, 5.74) is 9.20. The van der Waals surface area contributed by atoms with Gasteiger partial charge in [0.1, 0.15) is 18.2 Å². The average molecular weight is 657 g/mol. The third-order valence-electron chi connectivity index (χ3n) is 8.75. The third kappa shape index (κ3) is 6.56. The second-order valence-electron chi connectivity index (χ2n) is 13.4. The van der Waals surface area contributed by atoms with E-state index in [1.54, 1.807) is 14.1 Å². The highest BCUT2D eigenvalue weighted by molar-refractivity contribution is 6.07. The smallest absolute Gasteiger partial charge is 0.253 e. The number of carbonyl (C=O) groups is 2. The molecule has 0 radical (unpaired) electrons. The van der Waals surface area contributed by atoms with Gasteiger partial charge in [-0.15, -0.1) is 0 Å². The molecule has 0 unspecified atom stereocenters. The van der Waals surface area contributed by atoms with E-state index in [0.29, 0.717) is 37.3 Å². The Kier molecular flexibility index (Phi) is 8.49. The third-order valence-corrected chi connectivity index (χ3v) is 8.75. The molecule has 0 atom stereocenters. The Labute approximate surface area is 285 Å². The van der Waals surface area contributed by atoms with Crippen molar-refractivity contribution in [2.24, 2.45) is 0 Å². The summed E-state index contributed by atoms with van der Waals surface area (Å²) in [6.07, 6.45) is 0. The van der Waals surface area contributed by atoms with Crippen molar-refractivity contribution in [2.45, 2.75) is 26.2 Å². The lowest BCUT2D eigenvalue weighted by Crippen LogP contribution is -2.30. The fourth-order valence-electron chi connectivity index (χ4n) is 6.69. The Balaban J connectivity index is 0.000000154. The number of imidazole rings is 2. The number of aromatic nitrogens is 4. The Morgan fingerprint density at radius 1 is 0.694 bits per heavy atom. The predicted octanol–water partition coefficient (Wildman–Crippen LogP) is 5.03. The zero-order valence-corrected chi connectivity index (χ0v) is 28.2. The van der Waals surface area contributed by atoms with Crippen LogP contribution in [0.15, 0.2) is 84.9 Å². The Morgan fingerprint density at radius 2 is 1.14 bits per heavy atom. The molecule has 2 aliphatic heterocycles. The summed E-state index contributed by atoms with van der Waals surface area (Å²) >= 11 is 0. The van der Waals surface area contributed by atoms with Crippen molar-refractivity contribution in [3.63, 3.8) is 0 Å². The summed E-state index contributed by atoms with van der Waals surface area (Å²) in [6, 6.07) is 27.8. The molecule has 0 fully saturated rings. The highest BCUT2D eigenvalue weighted by Gasteiger charge is 2.23. The number of carbonyl (C=O) groups excluding carboxylic acids is 2. The number of amides is 2. The molecule has 250 valence electrons. The molecular weight excluding hydrogens is 616 g/mol. The van der Waals surface area contributed by atoms with Crippen LogP contribution in [-0.4, -0.2) is 81.7 Å². The molecule has 11 nitrogen and oxygen atoms in total. The van der Waals surface area contributed by atoms with Crippen molar-refractivity contribution < 1.29 is 14.2 Å². The number of para-hydroxylation sites is 2. The molecule has 11 heteroatoms. The average Bonchev–Trinajstić information content (AvgIpc) is 3.51. The molecule has 4 aromatic carbocycles. The monoisotopic (exact) mass is 656 g/mol. The second-order valence-corrected chi connectivity index (χ2v) is 13.4. The van der Waals surface area contributed by atoms with Gasteiger partial charge in [0, 0.05) is 49.4 Å². The van der Waals surface area contributed by atoms with Gasteiger partial charge < -0.3 is 34.5 Å². The summed E-state index contributed by atoms with van der Waals surface area (Å²) in [5.74, 6) is 1.69. The van der Waals surface area contributed by atoms with Crippen molar-refractivity contribution in [1.29, 1.82) is 0 Å². The topological polar surface area (TPSA) is 120 Å². The van der Waals surface area contributed by atoms with Gasteiger partial charge in [-0.1, -0.05) is 60.7 Å². The van der Waals surface area contributed by atoms with E-state index in [1.807, 2.05) is 60.7 Å². The maximum absolute atomic E-state index is 12.2. The minimum absolute atomic E-state index is 0.0212. The first-order valence-corrected chi connectivity index (χ1v) is 16.5. The van der Waals surface area contributed by atoms with Gasteiger partial charge in [-0.3, -0.25) is 9.59 Å². The molecule has 2 aromatic heterocycles. The largest absolute Gasteiger partial charge is 0.633 e. The first kappa shape index (κ1) is 32.2. The van der Waals surface area contributed by atoms with Crippen LogP contribution in [0.1, 0.15) is 31.8 Å². The molecule has 2 amide bonds. The van der Waals surface area contributed by atoms with Crippen LogP contribution >= 0.6 is 0 Å². The highest BCUT2D eigenvalue weighted by atomic mass is 16.5. The van der Waals surface area contributed by atoms with Crippen molar-refractivity contribution >= 4 is 33.9 Å². The summed E-state index contributed by atoms with van der Waals surface area (Å²) in [5, 5.41) is 17.7. The van der Waals surface area contributed by atoms with Crippen LogP contribution in [0.2, 0.25) is 0 Å². The Hall–Kier alpha value is -5.36. The van der Waals surface area contributed by atoms with Crippen molar-refractivity contribution in [3.05, 3.63) is 112 Å². The van der Waals surface area contributed by atoms with Gasteiger partial charge in [0.2, 0.25) is 0 Å². The molecular formula is C38H40N8O3. The van der Waals surface area contributed by atoms with E-state index < -0.39 is 0 Å². The first-order chi connectivity index (χ1) is 23.6. The number of nitrogens with one attached hydrogen (secondary N) is 2. The van der Waals surface area contributed by atoms with Crippen LogP contribution in [0.4, 0.5) is 0 Å². The number of hydrogen-bond donors (Lipinski definition) is 2. The van der Waals surface area contributed by atoms with Crippen LogP contribution in [0, 0.1) is 5.21 Å². The summed E-state index contributed by atoms with van der Waals surface area (Å²) in [4.78, 5) is 36.2. The number of nitrogens with zero attached hydrogens (tertiary/aromatic N) is 6. The minimum atomic E-state index is -0.352. The number of rotatable bonds is 6. The lowest BCUT2D eigenvalue weighted by molar-refractivity contribution is -0.853. The zero-order valence-electron chi connectivity index (χ0n) is 28.2. The standard InChI is InChI=1S/C19H20N4O2.C19H20N4O/c1-23(2,25)12-13-6-8-14(9-7-13)18-21-16-5-3-4-15-17(16)22(18)11-10-20-19(15)24;1-22(2)12-13-6-8-14(9-7-13)18-21-16-5-3-4-15-17(16)23(18)11-10-20-19(15)24/h3-9H,10-12H2,1-2H3,(H,20,24);3-9H,10-12H2,1-2H3,(H,20,24). The minimum Gasteiger partial charge on any atom is -0.633 e. The normalized spacial score (nSPS) is 14.2. The van der Waals surface area contributed by atoms with E-state index in [1.165, 1.54) is 5.56 Å². The number of benzene rings is 4. The molecule has 0 bridgehead atoms. The first-order valence-electron chi connectivity index (χ1n) is 16.5. The van der Waals surface area contributed by atoms with E-state index in [9.17, 15) is 14.8 Å². The van der Waals surface area contributed by atoms with Gasteiger partial charge in [-0.05, 0) is 43.9 Å². The number of quaternary nitrogens is 1. The lowest BCUT2D eigenvalue weighted by Gasteiger charge is -2.33. The van der Waals surface area contributed by atoms with E-state index in [4.69, 9.17) is 9.97 Å². The Morgan fingerprint density at radius 3 is 1.57 bits per heavy atom. The number of hydrogen-bond acceptors (Lipinski definition) is 6. The lowest BCUT2D eigenvalue weighted by atomic mass is 10.1. The summed E-state index contributed by atoms with van der Waals surface area (Å²) < 4.78 is 3.91. The fourth-order valence-corrected chi connectivity index (χ4v) is 6.69. The van der Waals surface area contributed by atoms with Crippen LogP contribution < -0.4 is 10.6 Å². The molecule has 49 heavy (non-hydrogen) atoms.